The van der Waals surface area contributed by atoms with E-state index in [4.69, 9.17) is 5.10 Å². The summed E-state index contributed by atoms with van der Waals surface area (Å²) in [6.07, 6.45) is 1.91. The van der Waals surface area contributed by atoms with Gasteiger partial charge in [0.1, 0.15) is 5.82 Å². The predicted octanol–water partition coefficient (Wildman–Crippen LogP) is 2.92. The van der Waals surface area contributed by atoms with Crippen molar-refractivity contribution in [1.82, 2.24) is 14.8 Å². The molecular weight excluding hydrogens is 379 g/mol. The van der Waals surface area contributed by atoms with Crippen LogP contribution in [0, 0.1) is 11.7 Å². The molecule has 0 aromatic heterocycles. The normalized spacial score (nSPS) is 24.3. The Labute approximate surface area is 176 Å². The molecule has 0 spiro atoms. The van der Waals surface area contributed by atoms with E-state index in [1.54, 1.807) is 17.1 Å². The van der Waals surface area contributed by atoms with E-state index in [9.17, 15) is 9.18 Å². The number of likely N-dealkylation sites (N-methyl/N-ethyl adjacent to an activating group) is 1. The molecule has 5 rings (SSSR count). The van der Waals surface area contributed by atoms with Gasteiger partial charge in [0, 0.05) is 37.7 Å². The molecule has 2 aliphatic heterocycles. The number of amides is 1. The quantitative estimate of drug-likeness (QED) is 0.787. The molecule has 1 saturated heterocycles. The molecule has 3 aliphatic rings. The van der Waals surface area contributed by atoms with Crippen LogP contribution in [0.4, 0.5) is 4.39 Å². The highest BCUT2D eigenvalue weighted by atomic mass is 19.1. The molecule has 0 radical (unpaired) electrons. The van der Waals surface area contributed by atoms with Crippen molar-refractivity contribution in [3.63, 3.8) is 0 Å². The molecule has 2 aromatic carbocycles. The number of fused-ring (bicyclic) bond motifs is 3. The molecule has 1 amide bonds. The summed E-state index contributed by atoms with van der Waals surface area (Å²) in [7, 11) is 2.11. The number of hydrogen-bond acceptors (Lipinski definition) is 4. The Kier molecular flexibility index (Phi) is 5.13. The predicted molar refractivity (Wildman–Crippen MR) is 115 cm³/mol. The van der Waals surface area contributed by atoms with Gasteiger partial charge in [0.25, 0.3) is 5.91 Å². The third-order valence-electron chi connectivity index (χ3n) is 6.65. The number of piperazine rings is 1. The molecule has 6 heteroatoms. The van der Waals surface area contributed by atoms with Crippen LogP contribution in [0.2, 0.25) is 0 Å². The lowest BCUT2D eigenvalue weighted by atomic mass is 9.77. The van der Waals surface area contributed by atoms with Crippen molar-refractivity contribution in [1.29, 1.82) is 0 Å². The van der Waals surface area contributed by atoms with Gasteiger partial charge in [-0.3, -0.25) is 9.69 Å². The summed E-state index contributed by atoms with van der Waals surface area (Å²) < 4.78 is 13.6. The van der Waals surface area contributed by atoms with Gasteiger partial charge in [0.2, 0.25) is 0 Å². The molecule has 5 nitrogen and oxygen atoms in total. The van der Waals surface area contributed by atoms with E-state index < -0.39 is 0 Å². The van der Waals surface area contributed by atoms with Gasteiger partial charge in [-0.15, -0.1) is 0 Å². The van der Waals surface area contributed by atoms with Crippen LogP contribution in [0.1, 0.15) is 29.2 Å². The second kappa shape index (κ2) is 7.93. The minimum atomic E-state index is -0.262. The third kappa shape index (κ3) is 3.55. The lowest BCUT2D eigenvalue weighted by molar-refractivity contribution is -0.135. The van der Waals surface area contributed by atoms with Crippen molar-refractivity contribution in [3.8, 4) is 0 Å². The minimum Gasteiger partial charge on any atom is -0.304 e. The maximum atomic E-state index is 13.6. The Balaban J connectivity index is 1.47. The fourth-order valence-corrected chi connectivity index (χ4v) is 4.93. The average molecular weight is 407 g/mol. The van der Waals surface area contributed by atoms with Gasteiger partial charge < -0.3 is 4.90 Å². The molecule has 156 valence electrons. The van der Waals surface area contributed by atoms with Crippen molar-refractivity contribution < 1.29 is 9.18 Å². The van der Waals surface area contributed by atoms with Gasteiger partial charge >= 0.3 is 0 Å². The number of halogens is 1. The van der Waals surface area contributed by atoms with Gasteiger partial charge in [-0.25, -0.2) is 9.40 Å². The van der Waals surface area contributed by atoms with E-state index in [0.29, 0.717) is 6.54 Å². The van der Waals surface area contributed by atoms with Crippen molar-refractivity contribution in [2.24, 2.45) is 11.0 Å². The number of carbonyl (C=O) groups excluding carboxylic acids is 1. The maximum absolute atomic E-state index is 13.6. The first kappa shape index (κ1) is 19.4. The largest absolute Gasteiger partial charge is 0.304 e. The zero-order chi connectivity index (χ0) is 20.7. The molecular formula is C24H27FN4O. The molecule has 0 saturated carbocycles. The Bertz CT molecular complexity index is 965. The van der Waals surface area contributed by atoms with Crippen molar-refractivity contribution in [2.75, 3.05) is 39.8 Å². The molecule has 0 bridgehead atoms. The Hall–Kier alpha value is -2.57. The molecule has 2 aromatic rings. The van der Waals surface area contributed by atoms with Crippen LogP contribution in [0.25, 0.3) is 0 Å². The average Bonchev–Trinajstić information content (AvgIpc) is 3.16. The highest BCUT2D eigenvalue weighted by Gasteiger charge is 2.44. The van der Waals surface area contributed by atoms with Crippen LogP contribution in [-0.4, -0.2) is 66.2 Å². The third-order valence-corrected chi connectivity index (χ3v) is 6.65. The van der Waals surface area contributed by atoms with Crippen LogP contribution in [0.3, 0.4) is 0 Å². The Morgan fingerprint density at radius 2 is 1.80 bits per heavy atom. The van der Waals surface area contributed by atoms with Crippen molar-refractivity contribution in [3.05, 3.63) is 71.0 Å². The highest BCUT2D eigenvalue weighted by Crippen LogP contribution is 2.43. The van der Waals surface area contributed by atoms with E-state index in [1.807, 2.05) is 6.07 Å². The number of rotatable bonds is 3. The van der Waals surface area contributed by atoms with Crippen LogP contribution in [0.15, 0.2) is 53.6 Å². The number of hydrogen-bond donors (Lipinski definition) is 0. The highest BCUT2D eigenvalue weighted by molar-refractivity contribution is 6.06. The van der Waals surface area contributed by atoms with E-state index >= 15 is 0 Å². The second-order valence-electron chi connectivity index (χ2n) is 8.60. The first-order valence-electron chi connectivity index (χ1n) is 10.8. The Morgan fingerprint density at radius 1 is 1.07 bits per heavy atom. The lowest BCUT2D eigenvalue weighted by Gasteiger charge is -2.34. The summed E-state index contributed by atoms with van der Waals surface area (Å²) in [6.45, 7) is 4.09. The SMILES string of the molecule is CN1CCN(CC(=O)N2N=C3c4ccccc4CC[C@H]3[C@H]2c2ccc(F)cc2)CC1. The van der Waals surface area contributed by atoms with Gasteiger partial charge in [0.15, 0.2) is 0 Å². The molecule has 2 atom stereocenters. The monoisotopic (exact) mass is 406 g/mol. The molecule has 1 fully saturated rings. The van der Waals surface area contributed by atoms with Crippen LogP contribution in [0.5, 0.6) is 0 Å². The summed E-state index contributed by atoms with van der Waals surface area (Å²) in [5.41, 5.74) is 4.39. The van der Waals surface area contributed by atoms with Crippen LogP contribution >= 0.6 is 0 Å². The number of benzene rings is 2. The molecule has 1 aliphatic carbocycles. The lowest BCUT2D eigenvalue weighted by Crippen LogP contribution is -2.48. The standard InChI is InChI=1S/C24H27FN4O/c1-27-12-14-28(15-13-27)16-22(30)29-24(18-6-9-19(25)10-7-18)21-11-8-17-4-2-3-5-20(17)23(21)26-29/h2-7,9-10,21,24H,8,11-16H2,1H3/t21-,24-/m1/s1. The number of carbonyl (C=O) groups is 1. The van der Waals surface area contributed by atoms with Crippen LogP contribution in [-0.2, 0) is 11.2 Å². The number of nitrogens with zero attached hydrogens (tertiary/aromatic N) is 4. The van der Waals surface area contributed by atoms with E-state index in [0.717, 1.165) is 55.9 Å². The van der Waals surface area contributed by atoms with Gasteiger partial charge in [-0.2, -0.15) is 5.10 Å². The fraction of sp³-hybridized carbons (Fsp3) is 0.417. The molecule has 30 heavy (non-hydrogen) atoms. The molecule has 0 unspecified atom stereocenters. The van der Waals surface area contributed by atoms with Gasteiger partial charge in [-0.1, -0.05) is 36.4 Å². The topological polar surface area (TPSA) is 39.1 Å². The fourth-order valence-electron chi connectivity index (χ4n) is 4.93. The number of aryl methyl sites for hydroxylation is 1. The minimum absolute atomic E-state index is 0.0215. The molecule has 0 N–H and O–H groups in total. The van der Waals surface area contributed by atoms with E-state index in [2.05, 4.69) is 35.0 Å². The zero-order valence-electron chi connectivity index (χ0n) is 17.3. The summed E-state index contributed by atoms with van der Waals surface area (Å²) in [6, 6.07) is 14.7. The second-order valence-corrected chi connectivity index (χ2v) is 8.60. The van der Waals surface area contributed by atoms with E-state index in [1.165, 1.54) is 17.7 Å². The Morgan fingerprint density at radius 3 is 2.57 bits per heavy atom. The summed E-state index contributed by atoms with van der Waals surface area (Å²) in [4.78, 5) is 17.9. The smallest absolute Gasteiger partial charge is 0.257 e. The van der Waals surface area contributed by atoms with Gasteiger partial charge in [0.05, 0.1) is 18.3 Å². The number of hydrazone groups is 1. The zero-order valence-corrected chi connectivity index (χ0v) is 17.3. The first-order chi connectivity index (χ1) is 14.6. The van der Waals surface area contributed by atoms with Crippen molar-refractivity contribution in [2.45, 2.75) is 18.9 Å². The summed E-state index contributed by atoms with van der Waals surface area (Å²) in [5.74, 6) is -0.0998. The summed E-state index contributed by atoms with van der Waals surface area (Å²) >= 11 is 0. The van der Waals surface area contributed by atoms with Crippen molar-refractivity contribution >= 4 is 11.6 Å². The van der Waals surface area contributed by atoms with Gasteiger partial charge in [-0.05, 0) is 43.1 Å². The van der Waals surface area contributed by atoms with Crippen LogP contribution < -0.4 is 0 Å². The van der Waals surface area contributed by atoms with E-state index in [-0.39, 0.29) is 23.7 Å². The maximum Gasteiger partial charge on any atom is 0.257 e. The summed E-state index contributed by atoms with van der Waals surface area (Å²) in [5, 5.41) is 6.57. The first-order valence-corrected chi connectivity index (χ1v) is 10.8. The molecule has 2 heterocycles.